The van der Waals surface area contributed by atoms with Gasteiger partial charge in [-0.15, -0.1) is 0 Å². The summed E-state index contributed by atoms with van der Waals surface area (Å²) in [7, 11) is 3.45. The summed E-state index contributed by atoms with van der Waals surface area (Å²) in [6, 6.07) is 14.9. The van der Waals surface area contributed by atoms with E-state index in [1.807, 2.05) is 6.07 Å². The highest BCUT2D eigenvalue weighted by Crippen LogP contribution is 2.30. The molecule has 3 nitrogen and oxygen atoms in total. The number of nitrogens with one attached hydrogen (secondary N) is 1. The molecule has 130 valence electrons. The van der Waals surface area contributed by atoms with Gasteiger partial charge in [-0.1, -0.05) is 43.7 Å². The van der Waals surface area contributed by atoms with Gasteiger partial charge in [-0.05, 0) is 25.5 Å². The molecule has 0 heterocycles. The minimum absolute atomic E-state index is 0.883. The van der Waals surface area contributed by atoms with Crippen molar-refractivity contribution in [2.24, 2.45) is 0 Å². The fourth-order valence-electron chi connectivity index (χ4n) is 3.19. The van der Waals surface area contributed by atoms with Crippen molar-refractivity contribution in [3.05, 3.63) is 59.2 Å². The highest BCUT2D eigenvalue weighted by molar-refractivity contribution is 5.49. The maximum Gasteiger partial charge on any atom is 0.134 e. The first-order valence-electron chi connectivity index (χ1n) is 8.77. The zero-order valence-corrected chi connectivity index (χ0v) is 15.4. The van der Waals surface area contributed by atoms with Crippen LogP contribution in [-0.2, 0) is 13.1 Å². The number of hydrogen-bond donors (Lipinski definition) is 1. The zero-order chi connectivity index (χ0) is 17.4. The van der Waals surface area contributed by atoms with Crippen LogP contribution in [0.1, 0.15) is 36.5 Å². The first kappa shape index (κ1) is 18.3. The Hall–Kier alpha value is -2.00. The highest BCUT2D eigenvalue weighted by Gasteiger charge is 2.17. The summed E-state index contributed by atoms with van der Waals surface area (Å²) >= 11 is 0. The third-order valence-electron chi connectivity index (χ3n) is 4.48. The van der Waals surface area contributed by atoms with Gasteiger partial charge in [0.2, 0.25) is 0 Å². The van der Waals surface area contributed by atoms with Crippen molar-refractivity contribution in [3.63, 3.8) is 0 Å². The van der Waals surface area contributed by atoms with Crippen LogP contribution in [0.3, 0.4) is 0 Å². The summed E-state index contributed by atoms with van der Waals surface area (Å²) in [4.78, 5) is 1.56. The van der Waals surface area contributed by atoms with Crippen LogP contribution >= 0.6 is 0 Å². The van der Waals surface area contributed by atoms with Crippen LogP contribution in [0.25, 0.3) is 0 Å². The van der Waals surface area contributed by atoms with E-state index >= 15 is 0 Å². The lowest BCUT2D eigenvalue weighted by Crippen LogP contribution is -3.09. The van der Waals surface area contributed by atoms with Crippen LogP contribution in [0, 0.1) is 6.92 Å². The molecular weight excluding hydrogens is 298 g/mol. The largest absolute Gasteiger partial charge is 0.496 e. The molecule has 1 atom stereocenters. The smallest absolute Gasteiger partial charge is 0.134 e. The van der Waals surface area contributed by atoms with E-state index in [0.29, 0.717) is 0 Å². The second-order valence-electron chi connectivity index (χ2n) is 6.28. The summed E-state index contributed by atoms with van der Waals surface area (Å²) in [5.74, 6) is 1.84. The molecular formula is C21H30NO2+. The number of unbranched alkanes of at least 4 members (excludes halogenated alkanes) is 1. The van der Waals surface area contributed by atoms with Crippen LogP contribution in [0.2, 0.25) is 0 Å². The Bertz CT molecular complexity index is 625. The van der Waals surface area contributed by atoms with Crippen molar-refractivity contribution in [1.29, 1.82) is 0 Å². The van der Waals surface area contributed by atoms with Gasteiger partial charge in [0, 0.05) is 16.7 Å². The zero-order valence-electron chi connectivity index (χ0n) is 15.4. The Kier molecular flexibility index (Phi) is 7.13. The fraction of sp³-hybridized carbons (Fsp3) is 0.429. The molecule has 0 aliphatic carbocycles. The average molecular weight is 328 g/mol. The predicted octanol–water partition coefficient (Wildman–Crippen LogP) is 3.40. The average Bonchev–Trinajstić information content (AvgIpc) is 2.61. The van der Waals surface area contributed by atoms with Gasteiger partial charge < -0.3 is 14.4 Å². The number of hydrogen-bond acceptors (Lipinski definition) is 2. The lowest BCUT2D eigenvalue weighted by Gasteiger charge is -2.22. The standard InChI is InChI=1S/C21H29NO2/c1-5-6-14-22(15-18-10-8-7-9-11-18)16-19-12-13-20(23-3)17(2)21(19)24-4/h7-13H,5-6,14-16H2,1-4H3/p+1. The summed E-state index contributed by atoms with van der Waals surface area (Å²) in [5, 5.41) is 0. The lowest BCUT2D eigenvalue weighted by molar-refractivity contribution is -0.927. The van der Waals surface area contributed by atoms with E-state index < -0.39 is 0 Å². The van der Waals surface area contributed by atoms with E-state index in [1.54, 1.807) is 19.1 Å². The molecule has 1 N–H and O–H groups in total. The second kappa shape index (κ2) is 9.33. The molecule has 0 amide bonds. The highest BCUT2D eigenvalue weighted by atomic mass is 16.5. The Morgan fingerprint density at radius 1 is 0.917 bits per heavy atom. The molecule has 0 aliphatic heterocycles. The Morgan fingerprint density at radius 3 is 2.29 bits per heavy atom. The van der Waals surface area contributed by atoms with Gasteiger partial charge in [0.1, 0.15) is 24.6 Å². The normalized spacial score (nSPS) is 12.0. The van der Waals surface area contributed by atoms with E-state index in [-0.39, 0.29) is 0 Å². The van der Waals surface area contributed by atoms with Crippen molar-refractivity contribution < 1.29 is 14.4 Å². The van der Waals surface area contributed by atoms with Gasteiger partial charge in [0.25, 0.3) is 0 Å². The first-order chi connectivity index (χ1) is 11.7. The molecule has 2 aromatic rings. The summed E-state index contributed by atoms with van der Waals surface area (Å²) < 4.78 is 11.1. The summed E-state index contributed by atoms with van der Waals surface area (Å²) in [6.07, 6.45) is 2.46. The molecule has 2 rings (SSSR count). The van der Waals surface area contributed by atoms with Gasteiger partial charge in [-0.2, -0.15) is 0 Å². The monoisotopic (exact) mass is 328 g/mol. The number of benzene rings is 2. The molecule has 3 heteroatoms. The van der Waals surface area contributed by atoms with Crippen molar-refractivity contribution >= 4 is 0 Å². The Morgan fingerprint density at radius 2 is 1.67 bits per heavy atom. The molecule has 0 fully saturated rings. The maximum atomic E-state index is 5.68. The number of ether oxygens (including phenoxy) is 2. The lowest BCUT2D eigenvalue weighted by atomic mass is 10.1. The molecule has 0 saturated heterocycles. The Balaban J connectivity index is 2.20. The Labute approximate surface area is 146 Å². The van der Waals surface area contributed by atoms with E-state index in [0.717, 1.165) is 30.2 Å². The second-order valence-corrected chi connectivity index (χ2v) is 6.28. The summed E-state index contributed by atoms with van der Waals surface area (Å²) in [5.41, 5.74) is 3.71. The van der Waals surface area contributed by atoms with E-state index in [2.05, 4.69) is 50.2 Å². The minimum atomic E-state index is 0.883. The molecule has 0 spiro atoms. The first-order valence-corrected chi connectivity index (χ1v) is 8.77. The van der Waals surface area contributed by atoms with Gasteiger partial charge in [0.05, 0.1) is 20.8 Å². The number of quaternary nitrogens is 1. The fourth-order valence-corrected chi connectivity index (χ4v) is 3.19. The van der Waals surface area contributed by atoms with E-state index in [9.17, 15) is 0 Å². The predicted molar refractivity (Wildman–Crippen MR) is 98.9 cm³/mol. The summed E-state index contributed by atoms with van der Waals surface area (Å²) in [6.45, 7) is 7.47. The van der Waals surface area contributed by atoms with Crippen LogP contribution in [0.4, 0.5) is 0 Å². The number of rotatable bonds is 9. The molecule has 1 unspecified atom stereocenters. The molecule has 0 bridgehead atoms. The molecule has 0 radical (unpaired) electrons. The third-order valence-corrected chi connectivity index (χ3v) is 4.48. The van der Waals surface area contributed by atoms with E-state index in [1.165, 1.54) is 30.5 Å². The van der Waals surface area contributed by atoms with Crippen LogP contribution in [0.15, 0.2) is 42.5 Å². The van der Waals surface area contributed by atoms with Crippen LogP contribution < -0.4 is 14.4 Å². The molecule has 24 heavy (non-hydrogen) atoms. The van der Waals surface area contributed by atoms with Crippen LogP contribution in [0.5, 0.6) is 11.5 Å². The molecule has 0 aliphatic rings. The molecule has 2 aromatic carbocycles. The van der Waals surface area contributed by atoms with Crippen molar-refractivity contribution in [1.82, 2.24) is 0 Å². The van der Waals surface area contributed by atoms with Crippen LogP contribution in [-0.4, -0.2) is 20.8 Å². The van der Waals surface area contributed by atoms with Gasteiger partial charge in [0.15, 0.2) is 0 Å². The van der Waals surface area contributed by atoms with Gasteiger partial charge in [-0.3, -0.25) is 0 Å². The SMILES string of the molecule is CCCC[NH+](Cc1ccccc1)Cc1ccc(OC)c(C)c1OC. The van der Waals surface area contributed by atoms with Crippen molar-refractivity contribution in [2.75, 3.05) is 20.8 Å². The van der Waals surface area contributed by atoms with E-state index in [4.69, 9.17) is 9.47 Å². The minimum Gasteiger partial charge on any atom is -0.496 e. The molecule has 0 aromatic heterocycles. The third kappa shape index (κ3) is 4.75. The van der Waals surface area contributed by atoms with Gasteiger partial charge >= 0.3 is 0 Å². The van der Waals surface area contributed by atoms with Crippen molar-refractivity contribution in [2.45, 2.75) is 39.8 Å². The maximum absolute atomic E-state index is 5.68. The van der Waals surface area contributed by atoms with Crippen molar-refractivity contribution in [3.8, 4) is 11.5 Å². The van der Waals surface area contributed by atoms with Gasteiger partial charge in [-0.25, -0.2) is 0 Å². The quantitative estimate of drug-likeness (QED) is 0.762. The topological polar surface area (TPSA) is 22.9 Å². The molecule has 0 saturated carbocycles. The number of methoxy groups -OCH3 is 2.